The van der Waals surface area contributed by atoms with E-state index in [0.717, 1.165) is 11.0 Å². The van der Waals surface area contributed by atoms with Gasteiger partial charge in [0.05, 0.1) is 10.6 Å². The number of aliphatic carboxylic acids is 1. The van der Waals surface area contributed by atoms with Crippen LogP contribution in [0.15, 0.2) is 18.2 Å². The second-order valence-corrected chi connectivity index (χ2v) is 7.30. The van der Waals surface area contributed by atoms with Gasteiger partial charge in [0.15, 0.2) is 6.61 Å². The normalized spacial score (nSPS) is 24.1. The highest BCUT2D eigenvalue weighted by molar-refractivity contribution is 6.03. The van der Waals surface area contributed by atoms with Crippen LogP contribution < -0.4 is 15.0 Å². The fourth-order valence-corrected chi connectivity index (χ4v) is 3.57. The Bertz CT molecular complexity index is 830. The lowest BCUT2D eigenvalue weighted by Crippen LogP contribution is -2.58. The third-order valence-corrected chi connectivity index (χ3v) is 5.31. The highest BCUT2D eigenvalue weighted by Crippen LogP contribution is 2.36. The number of nitrogens with zero attached hydrogens (tertiary/aromatic N) is 2. The summed E-state index contributed by atoms with van der Waals surface area (Å²) in [4.78, 5) is 48.2. The molecule has 1 aromatic carbocycles. The molecule has 0 atom stereocenters. The van der Waals surface area contributed by atoms with Crippen molar-refractivity contribution in [3.63, 3.8) is 0 Å². The zero-order valence-corrected chi connectivity index (χ0v) is 15.3. The first-order chi connectivity index (χ1) is 13.2. The van der Waals surface area contributed by atoms with E-state index in [1.807, 2.05) is 6.92 Å². The number of hydrogen-bond acceptors (Lipinski definition) is 6. The molecule has 1 fully saturated rings. The molecule has 0 spiro atoms. The molecule has 1 aliphatic heterocycles. The summed E-state index contributed by atoms with van der Waals surface area (Å²) in [5.41, 5.74) is -1.49. The molecule has 150 valence electrons. The van der Waals surface area contributed by atoms with Gasteiger partial charge in [-0.2, -0.15) is 0 Å². The zero-order valence-electron chi connectivity index (χ0n) is 15.3. The van der Waals surface area contributed by atoms with E-state index in [4.69, 9.17) is 4.74 Å². The Labute approximate surface area is 160 Å². The number of hydrogen-bond donors (Lipinski definition) is 2. The van der Waals surface area contributed by atoms with Crippen LogP contribution in [-0.4, -0.2) is 46.5 Å². The van der Waals surface area contributed by atoms with Crippen LogP contribution in [0.5, 0.6) is 5.75 Å². The fourth-order valence-electron chi connectivity index (χ4n) is 3.57. The van der Waals surface area contributed by atoms with Gasteiger partial charge in [0, 0.05) is 12.1 Å². The topological polar surface area (TPSA) is 139 Å². The molecule has 0 aromatic heterocycles. The van der Waals surface area contributed by atoms with Crippen molar-refractivity contribution in [1.82, 2.24) is 5.32 Å². The molecule has 1 aromatic rings. The van der Waals surface area contributed by atoms with Gasteiger partial charge in [-0.1, -0.05) is 6.92 Å². The number of carboxylic acids is 1. The lowest BCUT2D eigenvalue weighted by Gasteiger charge is -2.37. The fraction of sp³-hybridized carbons (Fsp3) is 0.500. The number of nitro benzene ring substituents is 1. The SMILES string of the molecule is CC1CCC(NC(=O)CN2C(=O)COc3ccc([N+](=O)[O-])cc32)(C(=O)O)CC1. The second kappa shape index (κ2) is 7.45. The van der Waals surface area contributed by atoms with Crippen molar-refractivity contribution in [1.29, 1.82) is 0 Å². The summed E-state index contributed by atoms with van der Waals surface area (Å²) in [6, 6.07) is 3.77. The van der Waals surface area contributed by atoms with Gasteiger partial charge in [0.2, 0.25) is 5.91 Å². The molecule has 2 N–H and O–H groups in total. The zero-order chi connectivity index (χ0) is 20.5. The number of carbonyl (C=O) groups excluding carboxylic acids is 2. The summed E-state index contributed by atoms with van der Waals surface area (Å²) in [7, 11) is 0. The summed E-state index contributed by atoms with van der Waals surface area (Å²) >= 11 is 0. The minimum Gasteiger partial charge on any atom is -0.482 e. The number of nitrogens with one attached hydrogen (secondary N) is 1. The monoisotopic (exact) mass is 391 g/mol. The molecule has 0 bridgehead atoms. The van der Waals surface area contributed by atoms with E-state index in [1.165, 1.54) is 12.1 Å². The van der Waals surface area contributed by atoms with Crippen molar-refractivity contribution in [2.75, 3.05) is 18.1 Å². The first-order valence-electron chi connectivity index (χ1n) is 8.98. The Balaban J connectivity index is 1.80. The summed E-state index contributed by atoms with van der Waals surface area (Å²) in [6.07, 6.45) is 1.99. The third-order valence-electron chi connectivity index (χ3n) is 5.31. The molecule has 10 heteroatoms. The van der Waals surface area contributed by atoms with E-state index in [0.29, 0.717) is 31.6 Å². The molecular weight excluding hydrogens is 370 g/mol. The number of benzene rings is 1. The average Bonchev–Trinajstić information content (AvgIpc) is 2.65. The van der Waals surface area contributed by atoms with Gasteiger partial charge in [0.25, 0.3) is 11.6 Å². The van der Waals surface area contributed by atoms with Crippen molar-refractivity contribution in [2.45, 2.75) is 38.1 Å². The van der Waals surface area contributed by atoms with E-state index in [1.54, 1.807) is 0 Å². The van der Waals surface area contributed by atoms with Crippen molar-refractivity contribution in [3.8, 4) is 5.75 Å². The number of carbonyl (C=O) groups is 3. The number of nitro groups is 1. The molecule has 0 radical (unpaired) electrons. The highest BCUT2D eigenvalue weighted by Gasteiger charge is 2.43. The van der Waals surface area contributed by atoms with Crippen LogP contribution >= 0.6 is 0 Å². The van der Waals surface area contributed by atoms with Crippen molar-refractivity contribution in [3.05, 3.63) is 28.3 Å². The predicted octanol–water partition coefficient (Wildman–Crippen LogP) is 1.47. The van der Waals surface area contributed by atoms with Gasteiger partial charge in [0.1, 0.15) is 17.8 Å². The van der Waals surface area contributed by atoms with Crippen LogP contribution in [-0.2, 0) is 14.4 Å². The molecule has 0 unspecified atom stereocenters. The molecule has 10 nitrogen and oxygen atoms in total. The number of fused-ring (bicyclic) bond motifs is 1. The summed E-state index contributed by atoms with van der Waals surface area (Å²) in [5.74, 6) is -1.64. The Morgan fingerprint density at radius 1 is 1.39 bits per heavy atom. The van der Waals surface area contributed by atoms with Gasteiger partial charge in [-0.3, -0.25) is 24.6 Å². The van der Waals surface area contributed by atoms with Crippen molar-refractivity contribution >= 4 is 29.2 Å². The summed E-state index contributed by atoms with van der Waals surface area (Å²) in [5, 5.41) is 23.2. The van der Waals surface area contributed by atoms with E-state index < -0.39 is 34.8 Å². The Kier molecular flexibility index (Phi) is 5.21. The Morgan fingerprint density at radius 3 is 2.68 bits per heavy atom. The van der Waals surface area contributed by atoms with E-state index in [2.05, 4.69) is 5.32 Å². The molecule has 1 heterocycles. The molecule has 1 saturated carbocycles. The van der Waals surface area contributed by atoms with Crippen LogP contribution in [0, 0.1) is 16.0 Å². The molecule has 1 aliphatic carbocycles. The smallest absolute Gasteiger partial charge is 0.329 e. The van der Waals surface area contributed by atoms with Crippen LogP contribution in [0.25, 0.3) is 0 Å². The van der Waals surface area contributed by atoms with E-state index in [9.17, 15) is 29.6 Å². The lowest BCUT2D eigenvalue weighted by molar-refractivity contribution is -0.384. The number of non-ortho nitro benzene ring substituents is 1. The largest absolute Gasteiger partial charge is 0.482 e. The average molecular weight is 391 g/mol. The molecular formula is C18H21N3O7. The summed E-state index contributed by atoms with van der Waals surface area (Å²) in [6.45, 7) is 1.28. The maximum atomic E-state index is 12.6. The van der Waals surface area contributed by atoms with Gasteiger partial charge in [-0.05, 0) is 37.7 Å². The van der Waals surface area contributed by atoms with Crippen LogP contribution in [0.1, 0.15) is 32.6 Å². The third kappa shape index (κ3) is 3.75. The number of amides is 2. The van der Waals surface area contributed by atoms with Crippen LogP contribution in [0.4, 0.5) is 11.4 Å². The van der Waals surface area contributed by atoms with Crippen LogP contribution in [0.2, 0.25) is 0 Å². The van der Waals surface area contributed by atoms with Crippen LogP contribution in [0.3, 0.4) is 0 Å². The van der Waals surface area contributed by atoms with Gasteiger partial charge >= 0.3 is 5.97 Å². The standard InChI is InChI=1S/C18H21N3O7/c1-11-4-6-18(7-5-11,17(24)25)19-15(22)9-20-13-8-12(21(26)27)2-3-14(13)28-10-16(20)23/h2-3,8,11H,4-7,9-10H2,1H3,(H,19,22)(H,24,25). The minimum atomic E-state index is -1.36. The molecule has 2 amide bonds. The molecule has 28 heavy (non-hydrogen) atoms. The molecule has 3 rings (SSSR count). The predicted molar refractivity (Wildman–Crippen MR) is 97.1 cm³/mol. The summed E-state index contributed by atoms with van der Waals surface area (Å²) < 4.78 is 5.26. The number of ether oxygens (including phenoxy) is 1. The van der Waals surface area contributed by atoms with Gasteiger partial charge < -0.3 is 15.2 Å². The molecule has 0 saturated heterocycles. The number of carboxylic acid groups (broad SMARTS) is 1. The Morgan fingerprint density at radius 2 is 2.07 bits per heavy atom. The van der Waals surface area contributed by atoms with Crippen molar-refractivity contribution in [2.24, 2.45) is 5.92 Å². The van der Waals surface area contributed by atoms with E-state index in [-0.39, 0.29) is 23.7 Å². The van der Waals surface area contributed by atoms with Crippen molar-refractivity contribution < 1.29 is 29.2 Å². The maximum absolute atomic E-state index is 12.6. The maximum Gasteiger partial charge on any atom is 0.329 e. The van der Waals surface area contributed by atoms with Gasteiger partial charge in [-0.15, -0.1) is 0 Å². The first kappa shape index (κ1) is 19.6. The number of rotatable bonds is 5. The minimum absolute atomic E-state index is 0.113. The highest BCUT2D eigenvalue weighted by atomic mass is 16.6. The number of anilines is 1. The first-order valence-corrected chi connectivity index (χ1v) is 8.98. The lowest BCUT2D eigenvalue weighted by atomic mass is 9.77. The Hall–Kier alpha value is -3.17. The second-order valence-electron chi connectivity index (χ2n) is 7.30. The molecule has 2 aliphatic rings. The quantitative estimate of drug-likeness (QED) is 0.572. The van der Waals surface area contributed by atoms with E-state index >= 15 is 0 Å². The van der Waals surface area contributed by atoms with Gasteiger partial charge in [-0.25, -0.2) is 4.79 Å².